The zero-order chi connectivity index (χ0) is 42.1. The Morgan fingerprint density at radius 3 is 1.98 bits per heavy atom. The molecule has 0 fully saturated rings. The fraction of sp³-hybridized carbons (Fsp3) is 0.467. The molecule has 0 bridgehead atoms. The second-order valence-corrected chi connectivity index (χ2v) is 16.2. The molecule has 0 saturated carbocycles. The lowest BCUT2D eigenvalue weighted by Gasteiger charge is -2.20. The molecule has 1 aromatic carbocycles. The number of nitrogens with one attached hydrogen (secondary N) is 1. The highest BCUT2D eigenvalue weighted by Crippen LogP contribution is 2.32. The largest absolute Gasteiger partial charge is 0.392 e. The van der Waals surface area contributed by atoms with Crippen LogP contribution in [0.1, 0.15) is 115 Å². The first-order valence-electron chi connectivity index (χ1n) is 19.9. The lowest BCUT2D eigenvalue weighted by Crippen LogP contribution is -2.29. The molecule has 0 saturated heterocycles. The number of Topliss-reactive ketones (excluding diaryl/α,β-unsaturated/α-hetero) is 1. The van der Waals surface area contributed by atoms with Gasteiger partial charge in [0.15, 0.2) is 0 Å². The Morgan fingerprint density at radius 1 is 0.860 bits per heavy atom. The van der Waals surface area contributed by atoms with E-state index >= 15 is 0 Å². The Labute approximate surface area is 340 Å². The number of nitrogens with zero attached hydrogens (tertiary/aromatic N) is 3. The quantitative estimate of drug-likeness (QED) is 0.0600. The van der Waals surface area contributed by atoms with Crippen LogP contribution in [-0.4, -0.2) is 72.3 Å². The molecule has 0 aliphatic carbocycles. The van der Waals surface area contributed by atoms with Crippen LogP contribution in [0.4, 0.5) is 10.3 Å². The highest BCUT2D eigenvalue weighted by molar-refractivity contribution is 7.92. The third-order valence-electron chi connectivity index (χ3n) is 8.77. The third kappa shape index (κ3) is 20.5. The van der Waals surface area contributed by atoms with Crippen molar-refractivity contribution in [1.29, 1.82) is 0 Å². The van der Waals surface area contributed by atoms with E-state index < -0.39 is 28.0 Å². The van der Waals surface area contributed by atoms with Crippen molar-refractivity contribution in [1.82, 2.24) is 15.3 Å². The number of hydrogen-bond acceptors (Lipinski definition) is 8. The van der Waals surface area contributed by atoms with Crippen molar-refractivity contribution in [3.63, 3.8) is 0 Å². The average molecular weight is 807 g/mol. The van der Waals surface area contributed by atoms with Crippen LogP contribution in [0.2, 0.25) is 0 Å². The number of amides is 1. The summed E-state index contributed by atoms with van der Waals surface area (Å²) in [6.45, 7) is 6.19. The van der Waals surface area contributed by atoms with E-state index in [-0.39, 0.29) is 36.4 Å². The Morgan fingerprint density at radius 2 is 1.42 bits per heavy atom. The molecule has 1 aromatic heterocycles. The van der Waals surface area contributed by atoms with Crippen molar-refractivity contribution in [2.45, 2.75) is 116 Å². The third-order valence-corrected chi connectivity index (χ3v) is 9.92. The van der Waals surface area contributed by atoms with Crippen molar-refractivity contribution < 1.29 is 32.6 Å². The first kappa shape index (κ1) is 48.6. The Kier molecular flexibility index (Phi) is 23.2. The molecule has 0 unspecified atom stereocenters. The molecule has 0 aliphatic rings. The fourth-order valence-corrected chi connectivity index (χ4v) is 5.93. The van der Waals surface area contributed by atoms with Crippen LogP contribution in [0.25, 0.3) is 17.3 Å². The summed E-state index contributed by atoms with van der Waals surface area (Å²) in [6, 6.07) is 5.58. The normalized spacial score (nSPS) is 13.7. The lowest BCUT2D eigenvalue weighted by atomic mass is 9.97. The van der Waals surface area contributed by atoms with Crippen molar-refractivity contribution in [2.24, 2.45) is 0 Å². The van der Waals surface area contributed by atoms with Gasteiger partial charge in [0.05, 0.1) is 36.3 Å². The molecule has 312 valence electrons. The molecular formula is C45H63FN4O6S. The van der Waals surface area contributed by atoms with E-state index in [1.54, 1.807) is 6.08 Å². The molecule has 10 nitrogen and oxygen atoms in total. The first-order valence-corrected chi connectivity index (χ1v) is 21.8. The SMILES string of the molecule is CC/C=C\C/C=C\C/C=C\C/C=C\C/C=C\CCCC(=O)CCCNC(=O)C[C@H](O)C[C@H](O)/C=C/c1c(-c2ccc(F)cc2)nc(N(C)S(C)(=O)=O)nc1C(C)C. The Hall–Kier alpha value is -4.52. The number of carbonyl (C=O) groups is 2. The van der Waals surface area contributed by atoms with E-state index in [1.807, 2.05) is 13.8 Å². The van der Waals surface area contributed by atoms with Gasteiger partial charge < -0.3 is 15.5 Å². The number of sulfonamides is 1. The number of allylic oxidation sites excluding steroid dienone is 10. The number of carbonyl (C=O) groups excluding carboxylic acids is 2. The molecule has 1 amide bonds. The van der Waals surface area contributed by atoms with E-state index in [2.05, 4.69) is 83.0 Å². The number of unbranched alkanes of at least 4 members (excludes halogenated alkanes) is 1. The summed E-state index contributed by atoms with van der Waals surface area (Å²) in [4.78, 5) is 33.7. The van der Waals surface area contributed by atoms with Gasteiger partial charge in [0, 0.05) is 44.0 Å². The summed E-state index contributed by atoms with van der Waals surface area (Å²) >= 11 is 0. The number of halogens is 1. The zero-order valence-corrected chi connectivity index (χ0v) is 35.1. The Balaban J connectivity index is 1.75. The van der Waals surface area contributed by atoms with Gasteiger partial charge in [0.2, 0.25) is 21.9 Å². The van der Waals surface area contributed by atoms with Crippen molar-refractivity contribution in [2.75, 3.05) is 24.2 Å². The first-order chi connectivity index (χ1) is 27.2. The van der Waals surface area contributed by atoms with Crippen LogP contribution in [0.5, 0.6) is 0 Å². The minimum absolute atomic E-state index is 0.0544. The van der Waals surface area contributed by atoms with Gasteiger partial charge in [-0.25, -0.2) is 27.1 Å². The Bertz CT molecular complexity index is 1820. The topological polar surface area (TPSA) is 150 Å². The van der Waals surface area contributed by atoms with Crippen LogP contribution >= 0.6 is 0 Å². The highest BCUT2D eigenvalue weighted by atomic mass is 32.2. The van der Waals surface area contributed by atoms with Crippen molar-refractivity contribution in [3.05, 3.63) is 108 Å². The van der Waals surface area contributed by atoms with E-state index in [1.165, 1.54) is 37.4 Å². The van der Waals surface area contributed by atoms with E-state index in [9.17, 15) is 32.6 Å². The summed E-state index contributed by atoms with van der Waals surface area (Å²) in [5.74, 6) is -0.925. The molecule has 2 atom stereocenters. The predicted octanol–water partition coefficient (Wildman–Crippen LogP) is 8.70. The van der Waals surface area contributed by atoms with E-state index in [0.717, 1.165) is 55.5 Å². The van der Waals surface area contributed by atoms with Gasteiger partial charge in [0.1, 0.15) is 11.6 Å². The second-order valence-electron chi connectivity index (χ2n) is 14.2. The predicted molar refractivity (Wildman–Crippen MR) is 231 cm³/mol. The summed E-state index contributed by atoms with van der Waals surface area (Å²) in [5.41, 5.74) is 1.85. The molecule has 12 heteroatoms. The summed E-state index contributed by atoms with van der Waals surface area (Å²) in [5, 5.41) is 24.0. The monoisotopic (exact) mass is 806 g/mol. The smallest absolute Gasteiger partial charge is 0.239 e. The number of aromatic nitrogens is 2. The van der Waals surface area contributed by atoms with Crippen molar-refractivity contribution in [3.8, 4) is 11.3 Å². The van der Waals surface area contributed by atoms with Gasteiger partial charge in [0.25, 0.3) is 0 Å². The zero-order valence-electron chi connectivity index (χ0n) is 34.3. The standard InChI is InChI=1S/C45H63FN4O6S/c1-6-7-8-9-10-11-12-13-14-15-16-17-18-19-20-21-22-24-38(51)25-23-32-47-42(54)34-40(53)33-39(52)30-31-41-43(35(2)3)48-45(50(4)57(5,55)56)49-44(41)36-26-28-37(46)29-27-36/h7-8,10-11,13-14,16-17,19-20,26-31,35,39-40,52-53H,6,9,12,15,18,21-25,32-34H2,1-5H3,(H,47,54)/b8-7-,11-10-,14-13-,17-16-,20-19-,31-30+/t39-,40-/m1/s1. The number of aliphatic hydroxyl groups is 2. The second kappa shape index (κ2) is 27.2. The van der Waals surface area contributed by atoms with Gasteiger partial charge in [-0.1, -0.05) is 93.7 Å². The van der Waals surface area contributed by atoms with Gasteiger partial charge in [-0.15, -0.1) is 0 Å². The molecular weight excluding hydrogens is 744 g/mol. The van der Waals surface area contributed by atoms with Gasteiger partial charge in [-0.3, -0.25) is 9.59 Å². The maximum Gasteiger partial charge on any atom is 0.239 e. The lowest BCUT2D eigenvalue weighted by molar-refractivity contribution is -0.124. The number of rotatable bonds is 27. The maximum atomic E-state index is 13.8. The molecule has 2 aromatic rings. The van der Waals surface area contributed by atoms with Crippen molar-refractivity contribution >= 4 is 33.7 Å². The van der Waals surface area contributed by atoms with Crippen LogP contribution in [-0.2, 0) is 19.6 Å². The highest BCUT2D eigenvalue weighted by Gasteiger charge is 2.23. The summed E-state index contributed by atoms with van der Waals surface area (Å²) in [7, 11) is -2.34. The van der Waals surface area contributed by atoms with Crippen LogP contribution in [0.15, 0.2) is 91.1 Å². The van der Waals surface area contributed by atoms with Crippen LogP contribution < -0.4 is 9.62 Å². The average Bonchev–Trinajstić information content (AvgIpc) is 3.16. The maximum absolute atomic E-state index is 13.8. The molecule has 0 spiro atoms. The number of benzene rings is 1. The number of aliphatic hydroxyl groups excluding tert-OH is 2. The molecule has 0 radical (unpaired) electrons. The number of anilines is 1. The van der Waals surface area contributed by atoms with Gasteiger partial charge in [-0.05, 0) is 81.5 Å². The van der Waals surface area contributed by atoms with E-state index in [0.29, 0.717) is 48.3 Å². The fourth-order valence-electron chi connectivity index (χ4n) is 5.55. The molecule has 3 N–H and O–H groups in total. The molecule has 2 rings (SSSR count). The summed E-state index contributed by atoms with van der Waals surface area (Å²) in [6.07, 6.45) is 30.8. The molecule has 1 heterocycles. The number of hydrogen-bond donors (Lipinski definition) is 3. The van der Waals surface area contributed by atoms with Crippen LogP contribution in [0, 0.1) is 5.82 Å². The summed E-state index contributed by atoms with van der Waals surface area (Å²) < 4.78 is 39.3. The molecule has 0 aliphatic heterocycles. The minimum Gasteiger partial charge on any atom is -0.392 e. The van der Waals surface area contributed by atoms with Gasteiger partial charge in [-0.2, -0.15) is 0 Å². The minimum atomic E-state index is -3.68. The number of ketones is 1. The van der Waals surface area contributed by atoms with Crippen LogP contribution in [0.3, 0.4) is 0 Å². The molecule has 57 heavy (non-hydrogen) atoms. The van der Waals surface area contributed by atoms with E-state index in [4.69, 9.17) is 0 Å². The van der Waals surface area contributed by atoms with Gasteiger partial charge >= 0.3 is 0 Å².